The summed E-state index contributed by atoms with van der Waals surface area (Å²) < 4.78 is 7.02. The van der Waals surface area contributed by atoms with Crippen molar-refractivity contribution in [2.75, 3.05) is 0 Å². The van der Waals surface area contributed by atoms with Crippen LogP contribution in [0.25, 0.3) is 0 Å². The molecule has 7 heteroatoms. The van der Waals surface area contributed by atoms with Crippen LogP contribution in [0.1, 0.15) is 24.2 Å². The standard InChI is InChI=1S/C10H15N5OS/c1-3-15-9(5-11)12-13-10(15)17-6-8-4-7(2)16-14-8/h4H,3,5-6,11H2,1-2H3. The molecule has 6 nitrogen and oxygen atoms in total. The van der Waals surface area contributed by atoms with Gasteiger partial charge in [0.25, 0.3) is 0 Å². The number of nitrogens with two attached hydrogens (primary N) is 1. The first kappa shape index (κ1) is 12.1. The van der Waals surface area contributed by atoms with Gasteiger partial charge in [-0.25, -0.2) is 0 Å². The van der Waals surface area contributed by atoms with Crippen LogP contribution in [0.5, 0.6) is 0 Å². The van der Waals surface area contributed by atoms with Gasteiger partial charge in [0.2, 0.25) is 0 Å². The van der Waals surface area contributed by atoms with Crippen molar-refractivity contribution in [1.82, 2.24) is 19.9 Å². The lowest BCUT2D eigenvalue weighted by Crippen LogP contribution is -2.08. The summed E-state index contributed by atoms with van der Waals surface area (Å²) in [4.78, 5) is 0. The predicted molar refractivity (Wildman–Crippen MR) is 64.4 cm³/mol. The molecule has 2 aromatic rings. The summed E-state index contributed by atoms with van der Waals surface area (Å²) in [7, 11) is 0. The molecule has 2 N–H and O–H groups in total. The van der Waals surface area contributed by atoms with Crippen molar-refractivity contribution in [2.24, 2.45) is 5.73 Å². The topological polar surface area (TPSA) is 82.8 Å². The summed E-state index contributed by atoms with van der Waals surface area (Å²) in [5.41, 5.74) is 6.50. The molecule has 0 radical (unpaired) electrons. The van der Waals surface area contributed by atoms with E-state index in [1.807, 2.05) is 24.5 Å². The molecule has 0 fully saturated rings. The van der Waals surface area contributed by atoms with E-state index in [1.54, 1.807) is 11.8 Å². The third-order valence-corrected chi connectivity index (χ3v) is 3.32. The van der Waals surface area contributed by atoms with Crippen LogP contribution in [0.4, 0.5) is 0 Å². The molecule has 0 spiro atoms. The van der Waals surface area contributed by atoms with Gasteiger partial charge in [-0.1, -0.05) is 16.9 Å². The van der Waals surface area contributed by atoms with Crippen LogP contribution in [0.2, 0.25) is 0 Å². The van der Waals surface area contributed by atoms with E-state index in [2.05, 4.69) is 15.4 Å². The van der Waals surface area contributed by atoms with Crippen molar-refractivity contribution in [2.45, 2.75) is 37.8 Å². The van der Waals surface area contributed by atoms with E-state index in [-0.39, 0.29) is 0 Å². The van der Waals surface area contributed by atoms with Gasteiger partial charge >= 0.3 is 0 Å². The van der Waals surface area contributed by atoms with Crippen LogP contribution in [-0.4, -0.2) is 19.9 Å². The summed E-state index contributed by atoms with van der Waals surface area (Å²) in [6, 6.07) is 1.92. The zero-order valence-corrected chi connectivity index (χ0v) is 10.7. The number of thioether (sulfide) groups is 1. The van der Waals surface area contributed by atoms with Crippen LogP contribution >= 0.6 is 11.8 Å². The van der Waals surface area contributed by atoms with Gasteiger partial charge in [-0.05, 0) is 13.8 Å². The van der Waals surface area contributed by atoms with Crippen LogP contribution in [0, 0.1) is 6.92 Å². The minimum Gasteiger partial charge on any atom is -0.361 e. The molecule has 0 aliphatic heterocycles. The van der Waals surface area contributed by atoms with Crippen molar-refractivity contribution >= 4 is 11.8 Å². The second kappa shape index (κ2) is 5.33. The lowest BCUT2D eigenvalue weighted by Gasteiger charge is -2.04. The molecule has 2 heterocycles. The minimum atomic E-state index is 0.407. The molecule has 0 amide bonds. The fraction of sp³-hybridized carbons (Fsp3) is 0.500. The molecule has 0 atom stereocenters. The van der Waals surface area contributed by atoms with Crippen molar-refractivity contribution < 1.29 is 4.52 Å². The minimum absolute atomic E-state index is 0.407. The van der Waals surface area contributed by atoms with E-state index >= 15 is 0 Å². The largest absolute Gasteiger partial charge is 0.361 e. The maximum absolute atomic E-state index is 5.59. The molecular weight excluding hydrogens is 238 g/mol. The summed E-state index contributed by atoms with van der Waals surface area (Å²) >= 11 is 1.59. The van der Waals surface area contributed by atoms with Gasteiger partial charge in [-0.3, -0.25) is 0 Å². The highest BCUT2D eigenvalue weighted by Gasteiger charge is 2.11. The Morgan fingerprint density at radius 2 is 2.29 bits per heavy atom. The highest BCUT2D eigenvalue weighted by molar-refractivity contribution is 7.98. The zero-order chi connectivity index (χ0) is 12.3. The third-order valence-electron chi connectivity index (χ3n) is 2.32. The van der Waals surface area contributed by atoms with E-state index in [0.717, 1.165) is 34.7 Å². The first-order valence-electron chi connectivity index (χ1n) is 5.41. The van der Waals surface area contributed by atoms with Crippen LogP contribution < -0.4 is 5.73 Å². The van der Waals surface area contributed by atoms with E-state index in [0.29, 0.717) is 6.54 Å². The van der Waals surface area contributed by atoms with Gasteiger partial charge in [-0.15, -0.1) is 10.2 Å². The van der Waals surface area contributed by atoms with E-state index in [9.17, 15) is 0 Å². The quantitative estimate of drug-likeness (QED) is 0.810. The molecule has 0 aliphatic carbocycles. The molecule has 92 valence electrons. The fourth-order valence-electron chi connectivity index (χ4n) is 1.52. The molecule has 17 heavy (non-hydrogen) atoms. The Hall–Kier alpha value is -1.34. The van der Waals surface area contributed by atoms with Crippen molar-refractivity contribution in [3.63, 3.8) is 0 Å². The monoisotopic (exact) mass is 253 g/mol. The van der Waals surface area contributed by atoms with E-state index < -0.39 is 0 Å². The van der Waals surface area contributed by atoms with Gasteiger partial charge in [0.05, 0.1) is 12.2 Å². The van der Waals surface area contributed by atoms with Gasteiger partial charge in [0.1, 0.15) is 11.6 Å². The molecule has 0 aromatic carbocycles. The SMILES string of the molecule is CCn1c(CN)nnc1SCc1cc(C)on1. The highest BCUT2D eigenvalue weighted by Crippen LogP contribution is 2.21. The molecule has 0 aliphatic rings. The Bertz CT molecular complexity index is 493. The van der Waals surface area contributed by atoms with Gasteiger partial charge in [0.15, 0.2) is 5.16 Å². The van der Waals surface area contributed by atoms with Crippen LogP contribution in [0.3, 0.4) is 0 Å². The maximum atomic E-state index is 5.59. The second-order valence-electron chi connectivity index (χ2n) is 3.56. The van der Waals surface area contributed by atoms with Gasteiger partial charge in [-0.2, -0.15) is 0 Å². The zero-order valence-electron chi connectivity index (χ0n) is 9.88. The summed E-state index contributed by atoms with van der Waals surface area (Å²) in [6.07, 6.45) is 0. The molecule has 2 rings (SSSR count). The van der Waals surface area contributed by atoms with Crippen LogP contribution in [-0.2, 0) is 18.8 Å². The molecule has 0 unspecified atom stereocenters. The Morgan fingerprint density at radius 3 is 2.88 bits per heavy atom. The lowest BCUT2D eigenvalue weighted by molar-refractivity contribution is 0.393. The van der Waals surface area contributed by atoms with Crippen molar-refractivity contribution in [1.29, 1.82) is 0 Å². The average Bonchev–Trinajstić information content (AvgIpc) is 2.91. The van der Waals surface area contributed by atoms with Crippen LogP contribution in [0.15, 0.2) is 15.7 Å². The first-order chi connectivity index (χ1) is 8.24. The molecule has 2 aromatic heterocycles. The predicted octanol–water partition coefficient (Wildman–Crippen LogP) is 1.35. The second-order valence-corrected chi connectivity index (χ2v) is 4.51. The number of hydrogen-bond donors (Lipinski definition) is 1. The summed E-state index contributed by atoms with van der Waals surface area (Å²) in [6.45, 7) is 5.15. The Kier molecular flexibility index (Phi) is 3.80. The Balaban J connectivity index is 2.06. The Labute approximate surface area is 104 Å². The number of aromatic nitrogens is 4. The maximum Gasteiger partial charge on any atom is 0.191 e. The molecule has 0 saturated carbocycles. The lowest BCUT2D eigenvalue weighted by atomic mass is 10.4. The van der Waals surface area contributed by atoms with E-state index in [4.69, 9.17) is 10.3 Å². The van der Waals surface area contributed by atoms with Gasteiger partial charge in [0, 0.05) is 18.4 Å². The van der Waals surface area contributed by atoms with Crippen molar-refractivity contribution in [3.05, 3.63) is 23.3 Å². The summed E-state index contributed by atoms with van der Waals surface area (Å²) in [5.74, 6) is 2.35. The van der Waals surface area contributed by atoms with Crippen molar-refractivity contribution in [3.8, 4) is 0 Å². The normalized spacial score (nSPS) is 11.0. The Morgan fingerprint density at radius 1 is 1.47 bits per heavy atom. The smallest absolute Gasteiger partial charge is 0.191 e. The number of rotatable bonds is 5. The van der Waals surface area contributed by atoms with E-state index in [1.165, 1.54) is 0 Å². The van der Waals surface area contributed by atoms with Gasteiger partial charge < -0.3 is 14.8 Å². The summed E-state index contributed by atoms with van der Waals surface area (Å²) in [5, 5.41) is 13.0. The third kappa shape index (κ3) is 2.67. The number of nitrogens with zero attached hydrogens (tertiary/aromatic N) is 4. The molecular formula is C10H15N5OS. The number of hydrogen-bond acceptors (Lipinski definition) is 6. The first-order valence-corrected chi connectivity index (χ1v) is 6.40. The average molecular weight is 253 g/mol. The molecule has 0 bridgehead atoms. The fourth-order valence-corrected chi connectivity index (χ4v) is 2.42. The molecule has 0 saturated heterocycles. The highest BCUT2D eigenvalue weighted by atomic mass is 32.2. The number of aryl methyl sites for hydroxylation is 1.